The van der Waals surface area contributed by atoms with Gasteiger partial charge in [0.05, 0.1) is 11.1 Å². The van der Waals surface area contributed by atoms with Crippen LogP contribution >= 0.6 is 12.4 Å². The van der Waals surface area contributed by atoms with Gasteiger partial charge in [0.25, 0.3) is 0 Å². The Kier molecular flexibility index (Phi) is 8.22. The van der Waals surface area contributed by atoms with Gasteiger partial charge in [-0.3, -0.25) is 14.5 Å². The molecule has 0 unspecified atom stereocenters. The van der Waals surface area contributed by atoms with E-state index in [2.05, 4.69) is 10.2 Å². The van der Waals surface area contributed by atoms with E-state index >= 15 is 0 Å². The normalized spacial score (nSPS) is 22.4. The molecule has 4 fully saturated rings. The lowest BCUT2D eigenvalue weighted by Gasteiger charge is -2.42. The lowest BCUT2D eigenvalue weighted by Crippen LogP contribution is -2.59. The molecule has 2 aliphatic carbocycles. The van der Waals surface area contributed by atoms with Crippen LogP contribution in [-0.2, 0) is 16.1 Å². The zero-order valence-corrected chi connectivity index (χ0v) is 20.3. The summed E-state index contributed by atoms with van der Waals surface area (Å²) in [7, 11) is 0. The van der Waals surface area contributed by atoms with E-state index in [9.17, 15) is 35.9 Å². The highest BCUT2D eigenvalue weighted by atomic mass is 35.5. The largest absolute Gasteiger partial charge is 0.471 e. The quantitative estimate of drug-likeness (QED) is 0.583. The van der Waals surface area contributed by atoms with Crippen LogP contribution in [-0.4, -0.2) is 89.2 Å². The Morgan fingerprint density at radius 2 is 1.33 bits per heavy atom. The summed E-state index contributed by atoms with van der Waals surface area (Å²) < 4.78 is 74.5. The maximum atomic E-state index is 12.6. The summed E-state index contributed by atoms with van der Waals surface area (Å²) in [6.45, 7) is 3.00. The molecule has 2 saturated heterocycles. The predicted molar refractivity (Wildman–Crippen MR) is 121 cm³/mol. The molecule has 13 heteroatoms. The molecular weight excluding hydrogens is 514 g/mol. The van der Waals surface area contributed by atoms with E-state index in [1.54, 1.807) is 0 Å². The van der Waals surface area contributed by atoms with Crippen LogP contribution in [0.1, 0.15) is 31.2 Å². The molecule has 0 radical (unpaired) electrons. The van der Waals surface area contributed by atoms with Crippen molar-refractivity contribution in [1.82, 2.24) is 20.0 Å². The summed E-state index contributed by atoms with van der Waals surface area (Å²) in [5.41, 5.74) is 0.0358. The van der Waals surface area contributed by atoms with E-state index in [0.29, 0.717) is 51.9 Å². The standard InChI is InChI=1S/C15H17F3N2O.C8H11F3N2O.ClH/c16-15(17,18)13(21)20-9-8-19(11-14(20)6-7-14)10-12-4-2-1-3-5-12;9-8(10,11)6(14)13-4-3-12-5-7(13)1-2-7;/h1-5H,6-11H2;12H,1-5H2;1H. The minimum atomic E-state index is -4.77. The van der Waals surface area contributed by atoms with Gasteiger partial charge in [0.1, 0.15) is 0 Å². The van der Waals surface area contributed by atoms with Gasteiger partial charge >= 0.3 is 24.2 Å². The van der Waals surface area contributed by atoms with Crippen LogP contribution in [0.15, 0.2) is 30.3 Å². The molecule has 2 amide bonds. The third-order valence-electron chi connectivity index (χ3n) is 7.15. The fourth-order valence-corrected chi connectivity index (χ4v) is 4.98. The highest BCUT2D eigenvalue weighted by Crippen LogP contribution is 2.46. The van der Waals surface area contributed by atoms with Gasteiger partial charge in [-0.15, -0.1) is 12.4 Å². The van der Waals surface area contributed by atoms with E-state index in [-0.39, 0.29) is 25.5 Å². The Bertz CT molecular complexity index is 935. The van der Waals surface area contributed by atoms with Crippen LogP contribution in [0.2, 0.25) is 0 Å². The molecule has 5 rings (SSSR count). The first-order chi connectivity index (χ1) is 16.4. The van der Waals surface area contributed by atoms with Crippen LogP contribution in [0.4, 0.5) is 26.3 Å². The van der Waals surface area contributed by atoms with Gasteiger partial charge in [-0.2, -0.15) is 26.3 Å². The molecule has 0 aromatic heterocycles. The molecule has 36 heavy (non-hydrogen) atoms. The van der Waals surface area contributed by atoms with Gasteiger partial charge in [-0.05, 0) is 31.2 Å². The molecule has 1 aromatic carbocycles. The topological polar surface area (TPSA) is 55.9 Å². The van der Waals surface area contributed by atoms with Crippen molar-refractivity contribution in [1.29, 1.82) is 0 Å². The molecule has 1 N–H and O–H groups in total. The maximum Gasteiger partial charge on any atom is 0.471 e. The molecule has 2 saturated carbocycles. The number of nitrogens with one attached hydrogen (secondary N) is 1. The van der Waals surface area contributed by atoms with Crippen molar-refractivity contribution >= 4 is 24.2 Å². The number of alkyl halides is 6. The second kappa shape index (κ2) is 10.4. The van der Waals surface area contributed by atoms with Gasteiger partial charge in [-0.25, -0.2) is 0 Å². The summed E-state index contributed by atoms with van der Waals surface area (Å²) in [5.74, 6) is -3.36. The first-order valence-corrected chi connectivity index (χ1v) is 11.6. The van der Waals surface area contributed by atoms with Gasteiger partial charge < -0.3 is 15.1 Å². The molecule has 202 valence electrons. The first-order valence-electron chi connectivity index (χ1n) is 11.6. The van der Waals surface area contributed by atoms with Crippen LogP contribution in [0.25, 0.3) is 0 Å². The highest BCUT2D eigenvalue weighted by Gasteiger charge is 2.58. The summed E-state index contributed by atoms with van der Waals surface area (Å²) in [6.07, 6.45) is -6.80. The third-order valence-corrected chi connectivity index (χ3v) is 7.15. The Labute approximate surface area is 211 Å². The molecule has 1 aromatic rings. The van der Waals surface area contributed by atoms with Crippen molar-refractivity contribution in [2.75, 3.05) is 39.3 Å². The summed E-state index contributed by atoms with van der Waals surface area (Å²) in [5, 5.41) is 3.01. The predicted octanol–water partition coefficient (Wildman–Crippen LogP) is 3.36. The highest BCUT2D eigenvalue weighted by molar-refractivity contribution is 5.85. The number of hydrogen-bond donors (Lipinski definition) is 1. The first kappa shape index (κ1) is 28.5. The zero-order valence-electron chi connectivity index (χ0n) is 19.5. The maximum absolute atomic E-state index is 12.6. The molecule has 4 aliphatic rings. The number of piperazine rings is 2. The van der Waals surface area contributed by atoms with Crippen LogP contribution in [0.3, 0.4) is 0 Å². The summed E-state index contributed by atoms with van der Waals surface area (Å²) >= 11 is 0. The molecular formula is C23H29ClF6N4O2. The number of carbonyl (C=O) groups is 2. The van der Waals surface area contributed by atoms with Crippen LogP contribution < -0.4 is 5.32 Å². The molecule has 2 aliphatic heterocycles. The lowest BCUT2D eigenvalue weighted by atomic mass is 10.1. The van der Waals surface area contributed by atoms with Crippen molar-refractivity contribution in [3.63, 3.8) is 0 Å². The molecule has 0 atom stereocenters. The second-order valence-electron chi connectivity index (χ2n) is 9.73. The van der Waals surface area contributed by atoms with Gasteiger partial charge in [-0.1, -0.05) is 30.3 Å². The van der Waals surface area contributed by atoms with Crippen molar-refractivity contribution in [2.45, 2.75) is 55.7 Å². The van der Waals surface area contributed by atoms with E-state index in [1.807, 2.05) is 30.3 Å². The smallest absolute Gasteiger partial charge is 0.327 e. The second-order valence-corrected chi connectivity index (χ2v) is 9.73. The molecule has 2 spiro atoms. The number of amides is 2. The van der Waals surface area contributed by atoms with Crippen LogP contribution in [0, 0.1) is 0 Å². The van der Waals surface area contributed by atoms with E-state index in [0.717, 1.165) is 21.9 Å². The molecule has 2 heterocycles. The van der Waals surface area contributed by atoms with Crippen LogP contribution in [0.5, 0.6) is 0 Å². The van der Waals surface area contributed by atoms with Gasteiger partial charge in [0.15, 0.2) is 0 Å². The van der Waals surface area contributed by atoms with Crippen molar-refractivity contribution in [2.24, 2.45) is 0 Å². The summed E-state index contributed by atoms with van der Waals surface area (Å²) in [4.78, 5) is 26.8. The number of rotatable bonds is 2. The molecule has 0 bridgehead atoms. The Morgan fingerprint density at radius 3 is 1.83 bits per heavy atom. The monoisotopic (exact) mass is 542 g/mol. The van der Waals surface area contributed by atoms with Crippen molar-refractivity contribution in [3.8, 4) is 0 Å². The number of carbonyl (C=O) groups excluding carboxylic acids is 2. The molecule has 6 nitrogen and oxygen atoms in total. The Balaban J connectivity index is 0.000000210. The Morgan fingerprint density at radius 1 is 0.806 bits per heavy atom. The van der Waals surface area contributed by atoms with Gasteiger partial charge in [0.2, 0.25) is 0 Å². The lowest BCUT2D eigenvalue weighted by molar-refractivity contribution is -0.191. The zero-order chi connectivity index (χ0) is 25.5. The number of benzene rings is 1. The summed E-state index contributed by atoms with van der Waals surface area (Å²) in [6, 6.07) is 9.85. The minimum Gasteiger partial charge on any atom is -0.327 e. The number of halogens is 7. The van der Waals surface area contributed by atoms with Gasteiger partial charge in [0, 0.05) is 45.8 Å². The average molecular weight is 543 g/mol. The van der Waals surface area contributed by atoms with Crippen molar-refractivity contribution < 1.29 is 35.9 Å². The fraction of sp³-hybridized carbons (Fsp3) is 0.652. The third kappa shape index (κ3) is 6.25. The number of nitrogens with zero attached hydrogens (tertiary/aromatic N) is 3. The van der Waals surface area contributed by atoms with E-state index in [1.165, 1.54) is 0 Å². The number of hydrogen-bond acceptors (Lipinski definition) is 4. The minimum absolute atomic E-state index is 0. The Hall–Kier alpha value is -2.05. The fourth-order valence-electron chi connectivity index (χ4n) is 4.98. The SMILES string of the molecule is Cl.O=C(N1CCN(Cc2ccccc2)CC12CC2)C(F)(F)F.O=C(N1CCNCC12CC2)C(F)(F)F. The van der Waals surface area contributed by atoms with E-state index in [4.69, 9.17) is 0 Å². The average Bonchev–Trinajstić information content (AvgIpc) is 3.73. The van der Waals surface area contributed by atoms with E-state index < -0.39 is 35.2 Å². The van der Waals surface area contributed by atoms with Crippen molar-refractivity contribution in [3.05, 3.63) is 35.9 Å².